The fraction of sp³-hybridized carbons (Fsp3) is 0.846. The minimum absolute atomic E-state index is 0.00829. The number of carboxylic acids is 2. The molecule has 11 heteroatoms. The van der Waals surface area contributed by atoms with Gasteiger partial charge in [0.1, 0.15) is 18.6 Å². The summed E-state index contributed by atoms with van der Waals surface area (Å²) in [6.45, 7) is 6.09. The second kappa shape index (κ2) is 47.2. The van der Waals surface area contributed by atoms with Crippen LogP contribution in [0.25, 0.3) is 0 Å². The van der Waals surface area contributed by atoms with Crippen LogP contribution in [0.5, 0.6) is 0 Å². The van der Waals surface area contributed by atoms with Gasteiger partial charge in [-0.2, -0.15) is 0 Å². The number of hydrogen-bond acceptors (Lipinski definition) is 9. The smallest absolute Gasteiger partial charge is 0.318 e. The van der Waals surface area contributed by atoms with Gasteiger partial charge in [0.05, 0.1) is 58.9 Å². The van der Waals surface area contributed by atoms with Crippen molar-refractivity contribution in [1.82, 2.24) is 0 Å². The third kappa shape index (κ3) is 42.9. The number of unbranched alkanes of at least 4 members (excludes halogenated alkanes) is 28. The van der Waals surface area contributed by atoms with Crippen LogP contribution < -0.4 is 0 Å². The first-order chi connectivity index (χ1) is 30.8. The van der Waals surface area contributed by atoms with Crippen molar-refractivity contribution in [3.8, 4) is 0 Å². The lowest BCUT2D eigenvalue weighted by Gasteiger charge is -2.21. The second-order valence-electron chi connectivity index (χ2n) is 17.3. The molecule has 0 bridgehead atoms. The Hall–Kier alpha value is -2.76. The van der Waals surface area contributed by atoms with Crippen molar-refractivity contribution in [3.63, 3.8) is 0 Å². The van der Waals surface area contributed by atoms with E-state index in [9.17, 15) is 24.3 Å². The molecule has 0 heterocycles. The van der Waals surface area contributed by atoms with Crippen molar-refractivity contribution in [1.29, 1.82) is 0 Å². The van der Waals surface area contributed by atoms with Gasteiger partial charge in [0.2, 0.25) is 0 Å². The highest BCUT2D eigenvalue weighted by atomic mass is 16.6. The van der Waals surface area contributed by atoms with Gasteiger partial charge in [-0.05, 0) is 25.7 Å². The Bertz CT molecular complexity index is 1080. The maximum Gasteiger partial charge on any atom is 0.318 e. The van der Waals surface area contributed by atoms with Crippen LogP contribution in [0.1, 0.15) is 226 Å². The van der Waals surface area contributed by atoms with E-state index in [2.05, 4.69) is 13.8 Å². The van der Waals surface area contributed by atoms with E-state index in [0.29, 0.717) is 13.2 Å². The van der Waals surface area contributed by atoms with Gasteiger partial charge < -0.3 is 33.9 Å². The lowest BCUT2D eigenvalue weighted by molar-refractivity contribution is -0.154. The predicted octanol–water partition coefficient (Wildman–Crippen LogP) is 13.3. The molecule has 0 aromatic carbocycles. The van der Waals surface area contributed by atoms with Crippen LogP contribution in [-0.4, -0.2) is 86.9 Å². The van der Waals surface area contributed by atoms with Crippen LogP contribution in [-0.2, 0) is 42.9 Å². The maximum atomic E-state index is 13.0. The molecule has 11 nitrogen and oxygen atoms in total. The van der Waals surface area contributed by atoms with Gasteiger partial charge in [-0.25, -0.2) is 0 Å². The molecule has 0 spiro atoms. The summed E-state index contributed by atoms with van der Waals surface area (Å²) in [5, 5.41) is 19.0. The third-order valence-corrected chi connectivity index (χ3v) is 11.4. The molecule has 0 amide bonds. The Balaban J connectivity index is 4.60. The van der Waals surface area contributed by atoms with Gasteiger partial charge in [-0.3, -0.25) is 19.2 Å². The SMILES string of the molecule is CCCCCCCCCCCCCCCCC=CC(C=CCCCCCCCCCCCCCCCC)(CC(=O)OCCOCCOCCOCCOC(=O)CCC(=O)O)C(=O)O. The summed E-state index contributed by atoms with van der Waals surface area (Å²) < 4.78 is 26.6. The second-order valence-corrected chi connectivity index (χ2v) is 17.3. The Morgan fingerprint density at radius 2 is 0.698 bits per heavy atom. The summed E-state index contributed by atoms with van der Waals surface area (Å²) in [5.41, 5.74) is -1.46. The Morgan fingerprint density at radius 3 is 1.02 bits per heavy atom. The first-order valence-electron chi connectivity index (χ1n) is 25.6. The van der Waals surface area contributed by atoms with Crippen LogP contribution >= 0.6 is 0 Å². The first-order valence-corrected chi connectivity index (χ1v) is 25.6. The van der Waals surface area contributed by atoms with Gasteiger partial charge in [0.25, 0.3) is 0 Å². The van der Waals surface area contributed by atoms with Crippen LogP contribution in [0.15, 0.2) is 24.3 Å². The molecule has 0 aliphatic carbocycles. The van der Waals surface area contributed by atoms with Crippen molar-refractivity contribution >= 4 is 23.9 Å². The molecule has 0 saturated heterocycles. The Labute approximate surface area is 384 Å². The first kappa shape index (κ1) is 60.2. The van der Waals surface area contributed by atoms with Crippen molar-refractivity contribution < 1.29 is 53.1 Å². The van der Waals surface area contributed by atoms with Crippen molar-refractivity contribution in [2.75, 3.05) is 52.9 Å². The monoisotopic (exact) mass is 895 g/mol. The average Bonchev–Trinajstić information content (AvgIpc) is 3.26. The molecule has 0 fully saturated rings. The summed E-state index contributed by atoms with van der Waals surface area (Å²) in [6.07, 6.45) is 44.3. The van der Waals surface area contributed by atoms with E-state index < -0.39 is 29.3 Å². The zero-order valence-corrected chi connectivity index (χ0v) is 40.4. The number of aliphatic carboxylic acids is 2. The molecule has 0 saturated carbocycles. The molecule has 0 radical (unpaired) electrons. The zero-order valence-electron chi connectivity index (χ0n) is 40.4. The maximum absolute atomic E-state index is 13.0. The summed E-state index contributed by atoms with van der Waals surface area (Å²) in [4.78, 5) is 47.6. The van der Waals surface area contributed by atoms with Crippen molar-refractivity contribution in [3.05, 3.63) is 24.3 Å². The van der Waals surface area contributed by atoms with E-state index in [1.807, 2.05) is 12.2 Å². The summed E-state index contributed by atoms with van der Waals surface area (Å²) in [7, 11) is 0. The highest BCUT2D eigenvalue weighted by Gasteiger charge is 2.36. The van der Waals surface area contributed by atoms with Gasteiger partial charge in [0, 0.05) is 0 Å². The fourth-order valence-electron chi connectivity index (χ4n) is 7.43. The molecular formula is C52H94O11. The number of esters is 2. The van der Waals surface area contributed by atoms with Crippen LogP contribution in [0.2, 0.25) is 0 Å². The van der Waals surface area contributed by atoms with Crippen molar-refractivity contribution in [2.24, 2.45) is 5.41 Å². The lowest BCUT2D eigenvalue weighted by atomic mass is 9.82. The highest BCUT2D eigenvalue weighted by molar-refractivity contribution is 5.86. The quantitative estimate of drug-likeness (QED) is 0.0340. The molecule has 0 atom stereocenters. The molecule has 0 unspecified atom stereocenters. The van der Waals surface area contributed by atoms with Gasteiger partial charge in [-0.1, -0.05) is 205 Å². The number of rotatable bonds is 50. The topological polar surface area (TPSA) is 155 Å². The third-order valence-electron chi connectivity index (χ3n) is 11.4. The highest BCUT2D eigenvalue weighted by Crippen LogP contribution is 2.29. The normalized spacial score (nSPS) is 12.6. The van der Waals surface area contributed by atoms with Gasteiger partial charge in [-0.15, -0.1) is 0 Å². The minimum atomic E-state index is -1.46. The minimum Gasteiger partial charge on any atom is -0.481 e. The van der Waals surface area contributed by atoms with E-state index in [1.54, 1.807) is 12.2 Å². The summed E-state index contributed by atoms with van der Waals surface area (Å²) in [6, 6.07) is 0. The molecule has 0 aromatic rings. The van der Waals surface area contributed by atoms with E-state index in [4.69, 9.17) is 28.8 Å². The fourth-order valence-corrected chi connectivity index (χ4v) is 7.43. The largest absolute Gasteiger partial charge is 0.481 e. The molecule has 0 aliphatic heterocycles. The molecule has 63 heavy (non-hydrogen) atoms. The van der Waals surface area contributed by atoms with Crippen LogP contribution in [0, 0.1) is 5.41 Å². The van der Waals surface area contributed by atoms with E-state index >= 15 is 0 Å². The van der Waals surface area contributed by atoms with E-state index in [-0.39, 0.29) is 58.9 Å². The number of ether oxygens (including phenoxy) is 5. The molecule has 2 N–H and O–H groups in total. The van der Waals surface area contributed by atoms with Crippen molar-refractivity contribution in [2.45, 2.75) is 226 Å². The zero-order chi connectivity index (χ0) is 46.2. The molecular weight excluding hydrogens is 801 g/mol. The van der Waals surface area contributed by atoms with Crippen LogP contribution in [0.3, 0.4) is 0 Å². The number of allylic oxidation sites excluding steroid dienone is 2. The summed E-state index contributed by atoms with van der Waals surface area (Å²) >= 11 is 0. The van der Waals surface area contributed by atoms with E-state index in [1.165, 1.54) is 154 Å². The number of carbonyl (C=O) groups excluding carboxylic acids is 2. The summed E-state index contributed by atoms with van der Waals surface area (Å²) in [5.74, 6) is -3.26. The average molecular weight is 895 g/mol. The number of carboxylic acid groups (broad SMARTS) is 2. The number of hydrogen-bond donors (Lipinski definition) is 2. The molecule has 0 aliphatic rings. The Kier molecular flexibility index (Phi) is 45.1. The molecule has 0 aromatic heterocycles. The number of carbonyl (C=O) groups is 4. The molecule has 368 valence electrons. The standard InChI is InChI=1S/C52H94O11/c1-3-5-7-9-11-13-15-17-19-21-23-25-27-29-31-33-37-52(51(57)58,38-34-32-30-28-26-24-22-20-18-16-14-12-10-8-6-4-2)47-50(56)63-46-44-61-42-40-59-39-41-60-43-45-62-49(55)36-35-48(53)54/h33-34,37-38H,3-32,35-36,39-47H2,1-2H3,(H,53,54)(H,57,58). The van der Waals surface area contributed by atoms with E-state index in [0.717, 1.165) is 38.5 Å². The van der Waals surface area contributed by atoms with Gasteiger partial charge in [0.15, 0.2) is 0 Å². The lowest BCUT2D eigenvalue weighted by Crippen LogP contribution is -2.31. The Morgan fingerprint density at radius 1 is 0.397 bits per heavy atom. The van der Waals surface area contributed by atoms with Crippen LogP contribution in [0.4, 0.5) is 0 Å². The molecule has 0 rings (SSSR count). The van der Waals surface area contributed by atoms with Gasteiger partial charge >= 0.3 is 23.9 Å². The predicted molar refractivity (Wildman–Crippen MR) is 254 cm³/mol.